The number of hydrogen-bond donors (Lipinski definition) is 1. The molecule has 0 bridgehead atoms. The molecule has 0 saturated carbocycles. The lowest BCUT2D eigenvalue weighted by molar-refractivity contribution is 0.563. The maximum absolute atomic E-state index is 12.9. The molecule has 0 radical (unpaired) electrons. The second kappa shape index (κ2) is 5.99. The van der Waals surface area contributed by atoms with E-state index in [0.717, 1.165) is 22.3 Å². The first-order valence-electron chi connectivity index (χ1n) is 8.61. The molecule has 4 heteroatoms. The monoisotopic (exact) mass is 344 g/mol. The summed E-state index contributed by atoms with van der Waals surface area (Å²) in [5.74, 6) is 0.589. The summed E-state index contributed by atoms with van der Waals surface area (Å²) in [6.07, 6.45) is 1.61. The third kappa shape index (κ3) is 2.64. The minimum Gasteiger partial charge on any atom is -0.445 e. The van der Waals surface area contributed by atoms with Crippen LogP contribution in [0, 0.1) is 6.92 Å². The van der Waals surface area contributed by atoms with Gasteiger partial charge in [-0.3, -0.25) is 4.79 Å². The molecule has 0 fully saturated rings. The zero-order valence-electron chi connectivity index (χ0n) is 15.0. The van der Waals surface area contributed by atoms with Crippen molar-refractivity contribution in [2.24, 2.45) is 0 Å². The van der Waals surface area contributed by atoms with Gasteiger partial charge in [-0.15, -0.1) is 0 Å². The third-order valence-corrected chi connectivity index (χ3v) is 4.86. The van der Waals surface area contributed by atoms with Crippen molar-refractivity contribution in [2.45, 2.75) is 26.2 Å². The zero-order chi connectivity index (χ0) is 18.3. The van der Waals surface area contributed by atoms with Crippen molar-refractivity contribution >= 4 is 11.1 Å². The van der Waals surface area contributed by atoms with E-state index in [2.05, 4.69) is 9.97 Å². The van der Waals surface area contributed by atoms with Gasteiger partial charge in [-0.05, 0) is 31.9 Å². The number of aromatic nitrogens is 2. The van der Waals surface area contributed by atoms with Crippen LogP contribution in [0.25, 0.3) is 22.2 Å². The van der Waals surface area contributed by atoms with Crippen molar-refractivity contribution in [3.05, 3.63) is 88.2 Å². The molecule has 0 saturated heterocycles. The van der Waals surface area contributed by atoms with Crippen LogP contribution in [0.1, 0.15) is 30.8 Å². The molecular weight excluding hydrogens is 324 g/mol. The summed E-state index contributed by atoms with van der Waals surface area (Å²) in [7, 11) is 0. The van der Waals surface area contributed by atoms with Crippen LogP contribution in [-0.4, -0.2) is 9.97 Å². The predicted octanol–water partition coefficient (Wildman–Crippen LogP) is 4.82. The van der Waals surface area contributed by atoms with Gasteiger partial charge in [0.05, 0.1) is 0 Å². The number of rotatable bonds is 3. The van der Waals surface area contributed by atoms with Gasteiger partial charge in [0.2, 0.25) is 5.71 Å². The molecule has 0 aliphatic carbocycles. The van der Waals surface area contributed by atoms with Gasteiger partial charge in [-0.25, -0.2) is 0 Å². The van der Waals surface area contributed by atoms with Gasteiger partial charge in [0, 0.05) is 11.0 Å². The quantitative estimate of drug-likeness (QED) is 0.580. The van der Waals surface area contributed by atoms with E-state index in [1.165, 1.54) is 0 Å². The summed E-state index contributed by atoms with van der Waals surface area (Å²) in [4.78, 5) is 20.5. The fourth-order valence-electron chi connectivity index (χ4n) is 3.26. The first kappa shape index (κ1) is 16.3. The van der Waals surface area contributed by atoms with Crippen LogP contribution in [-0.2, 0) is 5.41 Å². The van der Waals surface area contributed by atoms with Gasteiger partial charge < -0.3 is 9.40 Å². The number of benzene rings is 2. The highest BCUT2D eigenvalue weighted by Crippen LogP contribution is 2.31. The highest BCUT2D eigenvalue weighted by molar-refractivity contribution is 5.91. The number of hydrogen-bond acceptors (Lipinski definition) is 3. The Bertz CT molecular complexity index is 1140. The average molecular weight is 344 g/mol. The molecule has 0 atom stereocenters. The van der Waals surface area contributed by atoms with Crippen LogP contribution in [0.15, 0.2) is 70.1 Å². The van der Waals surface area contributed by atoms with E-state index in [1.54, 1.807) is 6.26 Å². The van der Waals surface area contributed by atoms with Gasteiger partial charge in [0.25, 0.3) is 5.56 Å². The van der Waals surface area contributed by atoms with Crippen molar-refractivity contribution in [1.29, 1.82) is 0 Å². The molecule has 4 aromatic rings. The minimum absolute atomic E-state index is 0.181. The number of aryl methyl sites for hydroxylation is 1. The Morgan fingerprint density at radius 2 is 1.81 bits per heavy atom. The standard InChI is InChI=1S/C22H20N2O2/c1-14-8-7-9-15(12-14)17-13-26-20-18(17)19(25)23-21(24-20)22(2,3)16-10-5-4-6-11-16/h4-13H,1-3H3,(H,23,24,25). The molecule has 26 heavy (non-hydrogen) atoms. The molecule has 0 aliphatic heterocycles. The highest BCUT2D eigenvalue weighted by Gasteiger charge is 2.27. The van der Waals surface area contributed by atoms with Gasteiger partial charge in [-0.2, -0.15) is 4.98 Å². The van der Waals surface area contributed by atoms with E-state index in [9.17, 15) is 4.79 Å². The summed E-state index contributed by atoms with van der Waals surface area (Å²) in [6, 6.07) is 18.0. The van der Waals surface area contributed by atoms with Crippen molar-refractivity contribution in [3.63, 3.8) is 0 Å². The lowest BCUT2D eigenvalue weighted by Crippen LogP contribution is -2.26. The molecule has 0 unspecified atom stereocenters. The van der Waals surface area contributed by atoms with Crippen molar-refractivity contribution in [2.75, 3.05) is 0 Å². The maximum Gasteiger partial charge on any atom is 0.262 e. The molecule has 130 valence electrons. The fraction of sp³-hybridized carbons (Fsp3) is 0.182. The normalized spacial score (nSPS) is 11.8. The van der Waals surface area contributed by atoms with Crippen molar-refractivity contribution in [3.8, 4) is 11.1 Å². The molecule has 1 N–H and O–H groups in total. The molecular formula is C22H20N2O2. The number of nitrogens with one attached hydrogen (secondary N) is 1. The molecule has 2 aromatic heterocycles. The molecule has 0 aliphatic rings. The maximum atomic E-state index is 12.9. The van der Waals surface area contributed by atoms with E-state index in [1.807, 2.05) is 75.4 Å². The summed E-state index contributed by atoms with van der Waals surface area (Å²) in [5, 5.41) is 0.489. The number of aromatic amines is 1. The second-order valence-electron chi connectivity index (χ2n) is 7.10. The molecule has 4 nitrogen and oxygen atoms in total. The Hall–Kier alpha value is -3.14. The average Bonchev–Trinajstić information content (AvgIpc) is 3.07. The Kier molecular flexibility index (Phi) is 3.76. The van der Waals surface area contributed by atoms with Crippen LogP contribution in [0.3, 0.4) is 0 Å². The van der Waals surface area contributed by atoms with E-state index in [-0.39, 0.29) is 5.56 Å². The number of fused-ring (bicyclic) bond motifs is 1. The summed E-state index contributed by atoms with van der Waals surface area (Å²) in [5.41, 5.74) is 3.66. The fourth-order valence-corrected chi connectivity index (χ4v) is 3.26. The molecule has 2 heterocycles. The van der Waals surface area contributed by atoms with E-state index in [4.69, 9.17) is 4.42 Å². The molecule has 4 rings (SSSR count). The first-order valence-corrected chi connectivity index (χ1v) is 8.61. The summed E-state index contributed by atoms with van der Waals surface area (Å²) in [6.45, 7) is 6.10. The number of nitrogens with zero attached hydrogens (tertiary/aromatic N) is 1. The van der Waals surface area contributed by atoms with Crippen LogP contribution in [0.4, 0.5) is 0 Å². The van der Waals surface area contributed by atoms with Crippen LogP contribution >= 0.6 is 0 Å². The molecule has 0 spiro atoms. The Morgan fingerprint density at radius 3 is 2.54 bits per heavy atom. The van der Waals surface area contributed by atoms with Gasteiger partial charge in [0.15, 0.2) is 0 Å². The SMILES string of the molecule is Cc1cccc(-c2coc3nc(C(C)(C)c4ccccc4)[nH]c(=O)c23)c1. The highest BCUT2D eigenvalue weighted by atomic mass is 16.3. The lowest BCUT2D eigenvalue weighted by atomic mass is 9.84. The Morgan fingerprint density at radius 1 is 1.04 bits per heavy atom. The zero-order valence-corrected chi connectivity index (χ0v) is 15.0. The topological polar surface area (TPSA) is 58.9 Å². The van der Waals surface area contributed by atoms with Crippen molar-refractivity contribution < 1.29 is 4.42 Å². The van der Waals surface area contributed by atoms with Gasteiger partial charge in [-0.1, -0.05) is 60.2 Å². The second-order valence-corrected chi connectivity index (χ2v) is 7.10. The van der Waals surface area contributed by atoms with Gasteiger partial charge in [0.1, 0.15) is 17.5 Å². The van der Waals surface area contributed by atoms with E-state index >= 15 is 0 Å². The predicted molar refractivity (Wildman–Crippen MR) is 103 cm³/mol. The van der Waals surface area contributed by atoms with Crippen LogP contribution in [0.5, 0.6) is 0 Å². The summed E-state index contributed by atoms with van der Waals surface area (Å²) >= 11 is 0. The molecule has 2 aromatic carbocycles. The van der Waals surface area contributed by atoms with Crippen molar-refractivity contribution in [1.82, 2.24) is 9.97 Å². The molecule has 0 amide bonds. The Labute approximate surface area is 151 Å². The smallest absolute Gasteiger partial charge is 0.262 e. The van der Waals surface area contributed by atoms with E-state index < -0.39 is 5.41 Å². The first-order chi connectivity index (χ1) is 12.5. The lowest BCUT2D eigenvalue weighted by Gasteiger charge is -2.23. The van der Waals surface area contributed by atoms with E-state index in [0.29, 0.717) is 16.9 Å². The van der Waals surface area contributed by atoms with Gasteiger partial charge >= 0.3 is 0 Å². The largest absolute Gasteiger partial charge is 0.445 e. The Balaban J connectivity index is 1.88. The van der Waals surface area contributed by atoms with Crippen LogP contribution in [0.2, 0.25) is 0 Å². The van der Waals surface area contributed by atoms with Crippen LogP contribution < -0.4 is 5.56 Å². The minimum atomic E-state index is -0.440. The number of furan rings is 1. The number of H-pyrrole nitrogens is 1. The third-order valence-electron chi connectivity index (χ3n) is 4.86. The summed E-state index contributed by atoms with van der Waals surface area (Å²) < 4.78 is 5.66.